The maximum absolute atomic E-state index is 11.1. The van der Waals surface area contributed by atoms with Crippen molar-refractivity contribution in [2.24, 2.45) is 5.92 Å². The van der Waals surface area contributed by atoms with E-state index in [9.17, 15) is 9.59 Å². The van der Waals surface area contributed by atoms with E-state index in [0.29, 0.717) is 0 Å². The van der Waals surface area contributed by atoms with Crippen LogP contribution in [0.3, 0.4) is 0 Å². The van der Waals surface area contributed by atoms with Crippen molar-refractivity contribution >= 4 is 17.6 Å². The van der Waals surface area contributed by atoms with Gasteiger partial charge in [-0.1, -0.05) is 37.3 Å². The van der Waals surface area contributed by atoms with E-state index in [4.69, 9.17) is 0 Å². The quantitative estimate of drug-likeness (QED) is 0.728. The van der Waals surface area contributed by atoms with Crippen molar-refractivity contribution in [2.45, 2.75) is 27.2 Å². The molecule has 2 heteroatoms. The van der Waals surface area contributed by atoms with Crippen LogP contribution >= 0.6 is 0 Å². The number of rotatable bonds is 5. The van der Waals surface area contributed by atoms with Crippen LogP contribution in [0.15, 0.2) is 30.3 Å². The average Bonchev–Trinajstić information content (AvgIpc) is 2.28. The fourth-order valence-corrected chi connectivity index (χ4v) is 1.48. The lowest BCUT2D eigenvalue weighted by Gasteiger charge is -2.07. The van der Waals surface area contributed by atoms with Crippen molar-refractivity contribution in [3.63, 3.8) is 0 Å². The molecule has 0 saturated heterocycles. The number of allylic oxidation sites excluding steroid dienone is 1. The van der Waals surface area contributed by atoms with Crippen molar-refractivity contribution in [1.29, 1.82) is 0 Å². The molecule has 0 heterocycles. The van der Waals surface area contributed by atoms with Gasteiger partial charge in [0.2, 0.25) is 0 Å². The predicted octanol–water partition coefficient (Wildman–Crippen LogP) is 3.06. The van der Waals surface area contributed by atoms with Crippen LogP contribution in [0.4, 0.5) is 0 Å². The smallest absolute Gasteiger partial charge is 0.152 e. The van der Waals surface area contributed by atoms with Crippen LogP contribution in [-0.2, 0) is 16.0 Å². The molecule has 0 aliphatic carbocycles. The first kappa shape index (κ1) is 13.4. The SMILES string of the molecule is CC(=O)/C=C/c1ccc(C[C@H](C)C(C)=O)cc1. The van der Waals surface area contributed by atoms with E-state index >= 15 is 0 Å². The maximum atomic E-state index is 11.1. The summed E-state index contributed by atoms with van der Waals surface area (Å²) in [4.78, 5) is 21.9. The van der Waals surface area contributed by atoms with Crippen molar-refractivity contribution in [2.75, 3.05) is 0 Å². The van der Waals surface area contributed by atoms with Gasteiger partial charge in [-0.3, -0.25) is 9.59 Å². The number of hydrogen-bond acceptors (Lipinski definition) is 2. The van der Waals surface area contributed by atoms with Crippen LogP contribution in [0.1, 0.15) is 31.9 Å². The Labute approximate surface area is 102 Å². The molecule has 1 atom stereocenters. The van der Waals surface area contributed by atoms with Gasteiger partial charge in [0.25, 0.3) is 0 Å². The minimum atomic E-state index is 0.0410. The topological polar surface area (TPSA) is 34.1 Å². The molecule has 90 valence electrons. The Morgan fingerprint density at radius 3 is 2.24 bits per heavy atom. The number of ketones is 2. The summed E-state index contributed by atoms with van der Waals surface area (Å²) in [6.07, 6.45) is 4.11. The van der Waals surface area contributed by atoms with Crippen LogP contribution in [0.2, 0.25) is 0 Å². The van der Waals surface area contributed by atoms with Crippen molar-refractivity contribution in [3.8, 4) is 0 Å². The molecule has 0 unspecified atom stereocenters. The lowest BCUT2D eigenvalue weighted by molar-refractivity contribution is -0.120. The van der Waals surface area contributed by atoms with Crippen LogP contribution in [-0.4, -0.2) is 11.6 Å². The summed E-state index contributed by atoms with van der Waals surface area (Å²) in [5.41, 5.74) is 2.15. The highest BCUT2D eigenvalue weighted by atomic mass is 16.1. The van der Waals surface area contributed by atoms with E-state index in [2.05, 4.69) is 0 Å². The summed E-state index contributed by atoms with van der Waals surface area (Å²) in [6, 6.07) is 7.92. The Hall–Kier alpha value is -1.70. The molecule has 0 N–H and O–H groups in total. The highest BCUT2D eigenvalue weighted by Gasteiger charge is 2.07. The molecule has 0 saturated carbocycles. The second-order valence-corrected chi connectivity index (χ2v) is 4.40. The highest BCUT2D eigenvalue weighted by molar-refractivity contribution is 5.91. The summed E-state index contributed by atoms with van der Waals surface area (Å²) in [5.74, 6) is 0.318. The standard InChI is InChI=1S/C15H18O2/c1-11(13(3)17)10-15-8-6-14(7-9-15)5-4-12(2)16/h4-9,11H,10H2,1-3H3/b5-4+/t11-/m0/s1. The Morgan fingerprint density at radius 2 is 1.76 bits per heavy atom. The monoisotopic (exact) mass is 230 g/mol. The van der Waals surface area contributed by atoms with Crippen molar-refractivity contribution in [3.05, 3.63) is 41.5 Å². The van der Waals surface area contributed by atoms with Gasteiger partial charge in [0.1, 0.15) is 5.78 Å². The predicted molar refractivity (Wildman–Crippen MR) is 69.7 cm³/mol. The molecule has 0 bridgehead atoms. The molecule has 0 aliphatic rings. The zero-order chi connectivity index (χ0) is 12.8. The third kappa shape index (κ3) is 4.77. The van der Waals surface area contributed by atoms with Gasteiger partial charge in [0.15, 0.2) is 5.78 Å². The number of Topliss-reactive ketones (excluding diaryl/α,β-unsaturated/α-hetero) is 1. The summed E-state index contributed by atoms with van der Waals surface area (Å²) < 4.78 is 0. The van der Waals surface area contributed by atoms with Gasteiger partial charge in [-0.25, -0.2) is 0 Å². The lowest BCUT2D eigenvalue weighted by atomic mass is 9.97. The molecule has 0 amide bonds. The van der Waals surface area contributed by atoms with Gasteiger partial charge in [-0.15, -0.1) is 0 Å². The van der Waals surface area contributed by atoms with Crippen LogP contribution in [0.5, 0.6) is 0 Å². The molecular formula is C15H18O2. The Bertz CT molecular complexity index is 427. The van der Waals surface area contributed by atoms with Crippen molar-refractivity contribution < 1.29 is 9.59 Å². The molecule has 0 aliphatic heterocycles. The number of carbonyl (C=O) groups is 2. The molecule has 0 spiro atoms. The third-order valence-electron chi connectivity index (χ3n) is 2.73. The molecule has 1 aromatic rings. The number of carbonyl (C=O) groups excluding carboxylic acids is 2. The Morgan fingerprint density at radius 1 is 1.18 bits per heavy atom. The van der Waals surface area contributed by atoms with E-state index in [1.807, 2.05) is 31.2 Å². The van der Waals surface area contributed by atoms with Gasteiger partial charge in [-0.2, -0.15) is 0 Å². The molecule has 2 nitrogen and oxygen atoms in total. The molecule has 1 rings (SSSR count). The summed E-state index contributed by atoms with van der Waals surface area (Å²) in [5, 5.41) is 0. The van der Waals surface area contributed by atoms with Crippen LogP contribution in [0, 0.1) is 5.92 Å². The van der Waals surface area contributed by atoms with E-state index in [-0.39, 0.29) is 17.5 Å². The average molecular weight is 230 g/mol. The first-order valence-corrected chi connectivity index (χ1v) is 5.77. The first-order chi connectivity index (χ1) is 7.99. The second kappa shape index (κ2) is 6.14. The Balaban J connectivity index is 2.68. The maximum Gasteiger partial charge on any atom is 0.152 e. The second-order valence-electron chi connectivity index (χ2n) is 4.40. The highest BCUT2D eigenvalue weighted by Crippen LogP contribution is 2.11. The fourth-order valence-electron chi connectivity index (χ4n) is 1.48. The molecule has 17 heavy (non-hydrogen) atoms. The van der Waals surface area contributed by atoms with E-state index in [0.717, 1.165) is 17.5 Å². The number of hydrogen-bond donors (Lipinski definition) is 0. The van der Waals surface area contributed by atoms with Gasteiger partial charge >= 0.3 is 0 Å². The first-order valence-electron chi connectivity index (χ1n) is 5.77. The summed E-state index contributed by atoms with van der Waals surface area (Å²) in [7, 11) is 0. The van der Waals surface area contributed by atoms with Crippen molar-refractivity contribution in [1.82, 2.24) is 0 Å². The normalized spacial score (nSPS) is 12.6. The number of benzene rings is 1. The van der Waals surface area contributed by atoms with Gasteiger partial charge in [0.05, 0.1) is 0 Å². The van der Waals surface area contributed by atoms with E-state index in [1.54, 1.807) is 19.1 Å². The van der Waals surface area contributed by atoms with E-state index in [1.165, 1.54) is 6.92 Å². The summed E-state index contributed by atoms with van der Waals surface area (Å²) in [6.45, 7) is 5.08. The summed E-state index contributed by atoms with van der Waals surface area (Å²) >= 11 is 0. The Kier molecular flexibility index (Phi) is 4.83. The lowest BCUT2D eigenvalue weighted by Crippen LogP contribution is -2.09. The van der Waals surface area contributed by atoms with Crippen LogP contribution in [0.25, 0.3) is 6.08 Å². The molecule has 0 fully saturated rings. The molecule has 1 aromatic carbocycles. The minimum Gasteiger partial charge on any atom is -0.300 e. The van der Waals surface area contributed by atoms with Crippen LogP contribution < -0.4 is 0 Å². The molecule has 0 radical (unpaired) electrons. The fraction of sp³-hybridized carbons (Fsp3) is 0.333. The van der Waals surface area contributed by atoms with Gasteiger partial charge in [-0.05, 0) is 37.5 Å². The molecule has 0 aromatic heterocycles. The van der Waals surface area contributed by atoms with Gasteiger partial charge < -0.3 is 0 Å². The minimum absolute atomic E-state index is 0.0410. The molecular weight excluding hydrogens is 212 g/mol. The van der Waals surface area contributed by atoms with Gasteiger partial charge in [0, 0.05) is 5.92 Å². The third-order valence-corrected chi connectivity index (χ3v) is 2.73. The zero-order valence-electron chi connectivity index (χ0n) is 10.6. The largest absolute Gasteiger partial charge is 0.300 e. The zero-order valence-corrected chi connectivity index (χ0v) is 10.6. The van der Waals surface area contributed by atoms with E-state index < -0.39 is 0 Å².